The third kappa shape index (κ3) is 8.54. The summed E-state index contributed by atoms with van der Waals surface area (Å²) in [5, 5.41) is 26.8. The minimum Gasteiger partial charge on any atom is -0.481 e. The Kier molecular flexibility index (Phi) is 11.5. The highest BCUT2D eigenvalue weighted by Crippen LogP contribution is 2.20. The Hall–Kier alpha value is -3.93. The van der Waals surface area contributed by atoms with Gasteiger partial charge in [-0.1, -0.05) is 58.7 Å². The largest absolute Gasteiger partial charge is 0.481 e. The van der Waals surface area contributed by atoms with Gasteiger partial charge in [-0.2, -0.15) is 0 Å². The van der Waals surface area contributed by atoms with Crippen LogP contribution in [0.3, 0.4) is 0 Å². The first-order valence-corrected chi connectivity index (χ1v) is 13.1. The molecular formula is C27H39N5O7. The summed E-state index contributed by atoms with van der Waals surface area (Å²) in [6.07, 6.45) is 2.13. The first kappa shape index (κ1) is 31.3. The zero-order chi connectivity index (χ0) is 29.3. The summed E-state index contributed by atoms with van der Waals surface area (Å²) in [7, 11) is 0. The van der Waals surface area contributed by atoms with Crippen LogP contribution in [-0.2, 0) is 30.4 Å². The average molecular weight is 546 g/mol. The van der Waals surface area contributed by atoms with E-state index in [0.717, 1.165) is 16.5 Å². The van der Waals surface area contributed by atoms with Crippen LogP contribution in [0.1, 0.15) is 52.5 Å². The number of para-hydroxylation sites is 1. The van der Waals surface area contributed by atoms with Crippen molar-refractivity contribution in [2.24, 2.45) is 17.6 Å². The van der Waals surface area contributed by atoms with E-state index in [0.29, 0.717) is 12.8 Å². The Labute approximate surface area is 227 Å². The minimum atomic E-state index is -1.67. The van der Waals surface area contributed by atoms with Gasteiger partial charge in [0.1, 0.15) is 18.1 Å². The number of hydrogen-bond acceptors (Lipinski definition) is 6. The van der Waals surface area contributed by atoms with E-state index in [9.17, 15) is 29.1 Å². The van der Waals surface area contributed by atoms with Crippen LogP contribution in [0.15, 0.2) is 30.5 Å². The standard InChI is InChI=1S/C27H39N5O7/c1-5-14(3)22(28)25(36)30-19(11-16-13-29-18-10-8-7-9-17(16)18)24(35)32-23(15(4)6-2)26(37)31-20(27(38)39)12-21(33)34/h7-10,13-15,19-20,22-23,29H,5-6,11-12,28H2,1-4H3,(H,30,36)(H,31,37)(H,32,35)(H,33,34)(H,38,39). The molecule has 0 aliphatic rings. The average Bonchev–Trinajstić information content (AvgIpc) is 3.31. The van der Waals surface area contributed by atoms with E-state index in [2.05, 4.69) is 20.9 Å². The molecule has 0 saturated heterocycles. The number of nitrogens with one attached hydrogen (secondary N) is 4. The number of benzene rings is 1. The fourth-order valence-corrected chi connectivity index (χ4v) is 4.10. The lowest BCUT2D eigenvalue weighted by Gasteiger charge is -2.28. The Morgan fingerprint density at radius 3 is 2.08 bits per heavy atom. The summed E-state index contributed by atoms with van der Waals surface area (Å²) in [6, 6.07) is 2.68. The molecule has 0 fully saturated rings. The first-order chi connectivity index (χ1) is 18.4. The predicted octanol–water partition coefficient (Wildman–Crippen LogP) is 1.14. The van der Waals surface area contributed by atoms with Crippen LogP contribution in [0, 0.1) is 11.8 Å². The number of carboxylic acids is 2. The second kappa shape index (κ2) is 14.3. The van der Waals surface area contributed by atoms with Crippen molar-refractivity contribution in [3.05, 3.63) is 36.0 Å². The van der Waals surface area contributed by atoms with Crippen LogP contribution in [-0.4, -0.2) is 69.0 Å². The summed E-state index contributed by atoms with van der Waals surface area (Å²) in [5.41, 5.74) is 7.72. The number of amides is 3. The lowest BCUT2D eigenvalue weighted by molar-refractivity contribution is -0.147. The van der Waals surface area contributed by atoms with Crippen molar-refractivity contribution in [1.29, 1.82) is 0 Å². The van der Waals surface area contributed by atoms with Gasteiger partial charge in [-0.25, -0.2) is 4.79 Å². The molecule has 3 amide bonds. The molecule has 12 heteroatoms. The molecule has 0 spiro atoms. The third-order valence-corrected chi connectivity index (χ3v) is 7.08. The van der Waals surface area contributed by atoms with Crippen LogP contribution >= 0.6 is 0 Å². The number of aliphatic carboxylic acids is 2. The van der Waals surface area contributed by atoms with Crippen molar-refractivity contribution in [2.45, 2.75) is 77.5 Å². The fraction of sp³-hybridized carbons (Fsp3) is 0.519. The van der Waals surface area contributed by atoms with Crippen molar-refractivity contribution < 1.29 is 34.2 Å². The Balaban J connectivity index is 2.34. The lowest BCUT2D eigenvalue weighted by Crippen LogP contribution is -2.59. The molecule has 0 saturated carbocycles. The molecule has 1 heterocycles. The Morgan fingerprint density at radius 2 is 1.49 bits per heavy atom. The lowest BCUT2D eigenvalue weighted by atomic mass is 9.96. The quantitative estimate of drug-likeness (QED) is 0.172. The van der Waals surface area contributed by atoms with Gasteiger partial charge in [-0.3, -0.25) is 19.2 Å². The Bertz CT molecular complexity index is 1180. The summed E-state index contributed by atoms with van der Waals surface area (Å²) in [5.74, 6) is -5.48. The normalized spacial score (nSPS) is 15.8. The summed E-state index contributed by atoms with van der Waals surface area (Å²) >= 11 is 0. The van der Waals surface area contributed by atoms with Gasteiger partial charge in [0.25, 0.3) is 0 Å². The SMILES string of the molecule is CCC(C)C(N)C(=O)NC(Cc1c[nH]c2ccccc12)C(=O)NC(C(=O)NC(CC(=O)O)C(=O)O)C(C)CC. The van der Waals surface area contributed by atoms with Crippen molar-refractivity contribution in [3.63, 3.8) is 0 Å². The smallest absolute Gasteiger partial charge is 0.326 e. The first-order valence-electron chi connectivity index (χ1n) is 13.1. The number of H-pyrrole nitrogens is 1. The topological polar surface area (TPSA) is 204 Å². The maximum atomic E-state index is 13.6. The van der Waals surface area contributed by atoms with Crippen LogP contribution in [0.4, 0.5) is 0 Å². The number of aromatic nitrogens is 1. The molecule has 2 aromatic rings. The fourth-order valence-electron chi connectivity index (χ4n) is 4.10. The molecule has 0 aliphatic carbocycles. The monoisotopic (exact) mass is 545 g/mol. The van der Waals surface area contributed by atoms with Gasteiger partial charge < -0.3 is 36.9 Å². The zero-order valence-electron chi connectivity index (χ0n) is 22.7. The van der Waals surface area contributed by atoms with Crippen LogP contribution in [0.2, 0.25) is 0 Å². The van der Waals surface area contributed by atoms with Gasteiger partial charge >= 0.3 is 11.9 Å². The highest BCUT2D eigenvalue weighted by atomic mass is 16.4. The van der Waals surface area contributed by atoms with Crippen molar-refractivity contribution >= 4 is 40.6 Å². The summed E-state index contributed by atoms with van der Waals surface area (Å²) < 4.78 is 0. The van der Waals surface area contributed by atoms with Gasteiger partial charge in [-0.15, -0.1) is 0 Å². The second-order valence-electron chi connectivity index (χ2n) is 9.91. The van der Waals surface area contributed by atoms with Gasteiger partial charge in [0.05, 0.1) is 12.5 Å². The number of nitrogens with two attached hydrogens (primary N) is 1. The molecule has 0 bridgehead atoms. The number of hydrogen-bond donors (Lipinski definition) is 7. The molecule has 6 atom stereocenters. The second-order valence-corrected chi connectivity index (χ2v) is 9.91. The van der Waals surface area contributed by atoms with Crippen molar-refractivity contribution in [2.75, 3.05) is 0 Å². The molecule has 8 N–H and O–H groups in total. The predicted molar refractivity (Wildman–Crippen MR) is 145 cm³/mol. The number of aromatic amines is 1. The number of fused-ring (bicyclic) bond motifs is 1. The molecule has 0 radical (unpaired) electrons. The summed E-state index contributed by atoms with van der Waals surface area (Å²) in [6.45, 7) is 7.22. The summed E-state index contributed by atoms with van der Waals surface area (Å²) in [4.78, 5) is 65.3. The third-order valence-electron chi connectivity index (χ3n) is 7.08. The molecule has 214 valence electrons. The van der Waals surface area contributed by atoms with E-state index in [1.165, 1.54) is 0 Å². The van der Waals surface area contributed by atoms with Gasteiger partial charge in [0.15, 0.2) is 0 Å². The molecule has 0 aliphatic heterocycles. The Morgan fingerprint density at radius 1 is 0.872 bits per heavy atom. The van der Waals surface area contributed by atoms with Gasteiger partial charge in [0.2, 0.25) is 17.7 Å². The molecule has 39 heavy (non-hydrogen) atoms. The number of carbonyl (C=O) groups excluding carboxylic acids is 3. The van der Waals surface area contributed by atoms with Crippen molar-refractivity contribution in [1.82, 2.24) is 20.9 Å². The van der Waals surface area contributed by atoms with E-state index in [1.54, 1.807) is 20.0 Å². The van der Waals surface area contributed by atoms with Crippen LogP contribution in [0.5, 0.6) is 0 Å². The highest BCUT2D eigenvalue weighted by Gasteiger charge is 2.34. The van der Waals surface area contributed by atoms with E-state index in [-0.39, 0.29) is 12.3 Å². The van der Waals surface area contributed by atoms with E-state index in [4.69, 9.17) is 10.8 Å². The maximum Gasteiger partial charge on any atom is 0.326 e. The molecule has 2 rings (SSSR count). The molecule has 12 nitrogen and oxygen atoms in total. The van der Waals surface area contributed by atoms with E-state index < -0.39 is 66.2 Å². The molecule has 6 unspecified atom stereocenters. The molecule has 1 aromatic heterocycles. The minimum absolute atomic E-state index is 0.0976. The molecule has 1 aromatic carbocycles. The maximum absolute atomic E-state index is 13.6. The molecular weight excluding hydrogens is 506 g/mol. The number of rotatable bonds is 15. The van der Waals surface area contributed by atoms with Crippen molar-refractivity contribution in [3.8, 4) is 0 Å². The number of carboxylic acid groups (broad SMARTS) is 2. The van der Waals surface area contributed by atoms with Crippen LogP contribution in [0.25, 0.3) is 10.9 Å². The van der Waals surface area contributed by atoms with E-state index >= 15 is 0 Å². The van der Waals surface area contributed by atoms with Crippen LogP contribution < -0.4 is 21.7 Å². The zero-order valence-corrected chi connectivity index (χ0v) is 22.7. The number of carbonyl (C=O) groups is 5. The highest BCUT2D eigenvalue weighted by molar-refractivity contribution is 5.95. The van der Waals surface area contributed by atoms with Gasteiger partial charge in [-0.05, 0) is 23.5 Å². The van der Waals surface area contributed by atoms with Gasteiger partial charge in [0, 0.05) is 23.5 Å². The van der Waals surface area contributed by atoms with E-state index in [1.807, 2.05) is 38.1 Å².